The topological polar surface area (TPSA) is 78.9 Å². The van der Waals surface area contributed by atoms with Crippen LogP contribution in [0.15, 0.2) is 0 Å². The Morgan fingerprint density at radius 3 is 2.86 bits per heavy atom. The summed E-state index contributed by atoms with van der Waals surface area (Å²) in [6.07, 6.45) is 0. The highest BCUT2D eigenvalue weighted by atomic mass is 32.1. The molecule has 0 bridgehead atoms. The van der Waals surface area contributed by atoms with E-state index in [0.717, 1.165) is 11.0 Å². The smallest absolute Gasteiger partial charge is 0.314 e. The van der Waals surface area contributed by atoms with Crippen LogP contribution in [0.3, 0.4) is 0 Å². The molecule has 0 atom stereocenters. The molecule has 7 heteroatoms. The maximum Gasteiger partial charge on any atom is 0.314 e. The van der Waals surface area contributed by atoms with Crippen LogP contribution in [0.5, 0.6) is 0 Å². The Morgan fingerprint density at radius 2 is 2.29 bits per heavy atom. The van der Waals surface area contributed by atoms with Crippen LogP contribution in [0, 0.1) is 6.92 Å². The molecule has 0 saturated carbocycles. The molecule has 0 radical (unpaired) electrons. The normalized spacial score (nSPS) is 9.57. The number of aryl methyl sites for hydroxylation is 1. The van der Waals surface area contributed by atoms with Crippen molar-refractivity contribution in [2.45, 2.75) is 6.92 Å². The van der Waals surface area contributed by atoms with Gasteiger partial charge in [-0.1, -0.05) is 0 Å². The Balaban J connectivity index is 2.13. The number of carbonyl (C=O) groups is 1. The SMILES string of the molecule is CNC(=O)NCCNc1nc(C)ns1. The minimum absolute atomic E-state index is 0.180. The number of nitrogens with zero attached hydrogens (tertiary/aromatic N) is 2. The molecule has 0 aliphatic carbocycles. The number of anilines is 1. The second-order valence-electron chi connectivity index (χ2n) is 2.58. The summed E-state index contributed by atoms with van der Waals surface area (Å²) in [5, 5.41) is 8.94. The van der Waals surface area contributed by atoms with Gasteiger partial charge in [-0.3, -0.25) is 0 Å². The van der Waals surface area contributed by atoms with Crippen LogP contribution in [0.4, 0.5) is 9.93 Å². The van der Waals surface area contributed by atoms with Gasteiger partial charge in [0.05, 0.1) is 0 Å². The highest BCUT2D eigenvalue weighted by Crippen LogP contribution is 2.08. The summed E-state index contributed by atoms with van der Waals surface area (Å²) < 4.78 is 4.02. The Kier molecular flexibility index (Phi) is 4.11. The zero-order valence-electron chi connectivity index (χ0n) is 8.13. The van der Waals surface area contributed by atoms with E-state index in [2.05, 4.69) is 25.3 Å². The van der Waals surface area contributed by atoms with Gasteiger partial charge in [0.1, 0.15) is 5.82 Å². The number of hydrogen-bond acceptors (Lipinski definition) is 5. The second kappa shape index (κ2) is 5.38. The van der Waals surface area contributed by atoms with Gasteiger partial charge in [0.15, 0.2) is 0 Å². The van der Waals surface area contributed by atoms with E-state index in [9.17, 15) is 4.79 Å². The van der Waals surface area contributed by atoms with Gasteiger partial charge in [0.2, 0.25) is 5.13 Å². The lowest BCUT2D eigenvalue weighted by Crippen LogP contribution is -2.35. The maximum atomic E-state index is 10.8. The average Bonchev–Trinajstić information content (AvgIpc) is 2.58. The maximum absolute atomic E-state index is 10.8. The van der Waals surface area contributed by atoms with Crippen molar-refractivity contribution in [1.82, 2.24) is 20.0 Å². The summed E-state index contributed by atoms with van der Waals surface area (Å²) >= 11 is 1.31. The summed E-state index contributed by atoms with van der Waals surface area (Å²) in [5.41, 5.74) is 0. The zero-order valence-corrected chi connectivity index (χ0v) is 8.94. The molecule has 0 aliphatic heterocycles. The number of nitrogens with one attached hydrogen (secondary N) is 3. The molecule has 1 rings (SSSR count). The highest BCUT2D eigenvalue weighted by molar-refractivity contribution is 7.09. The van der Waals surface area contributed by atoms with E-state index in [4.69, 9.17) is 0 Å². The molecular formula is C7H13N5OS. The van der Waals surface area contributed by atoms with E-state index in [0.29, 0.717) is 13.1 Å². The minimum atomic E-state index is -0.180. The van der Waals surface area contributed by atoms with Crippen molar-refractivity contribution < 1.29 is 4.79 Å². The highest BCUT2D eigenvalue weighted by Gasteiger charge is 1.98. The van der Waals surface area contributed by atoms with Gasteiger partial charge in [-0.2, -0.15) is 4.37 Å². The molecule has 0 saturated heterocycles. The van der Waals surface area contributed by atoms with E-state index >= 15 is 0 Å². The zero-order chi connectivity index (χ0) is 10.4. The molecule has 1 aromatic rings. The molecule has 1 aromatic heterocycles. The number of urea groups is 1. The first-order valence-electron chi connectivity index (χ1n) is 4.22. The van der Waals surface area contributed by atoms with E-state index in [1.807, 2.05) is 6.92 Å². The predicted molar refractivity (Wildman–Crippen MR) is 55.6 cm³/mol. The lowest BCUT2D eigenvalue weighted by Gasteiger charge is -2.03. The molecule has 78 valence electrons. The third-order valence-corrected chi connectivity index (χ3v) is 2.21. The van der Waals surface area contributed by atoms with E-state index in [1.165, 1.54) is 11.5 Å². The van der Waals surface area contributed by atoms with Crippen LogP contribution in [-0.4, -0.2) is 35.5 Å². The van der Waals surface area contributed by atoms with Gasteiger partial charge in [0.25, 0.3) is 0 Å². The van der Waals surface area contributed by atoms with Gasteiger partial charge in [0, 0.05) is 31.7 Å². The van der Waals surface area contributed by atoms with Gasteiger partial charge in [-0.25, -0.2) is 9.78 Å². The first kappa shape index (κ1) is 10.7. The van der Waals surface area contributed by atoms with Crippen LogP contribution >= 0.6 is 11.5 Å². The quantitative estimate of drug-likeness (QED) is 0.626. The third-order valence-electron chi connectivity index (χ3n) is 1.44. The van der Waals surface area contributed by atoms with Crippen LogP contribution in [0.1, 0.15) is 5.82 Å². The lowest BCUT2D eigenvalue weighted by molar-refractivity contribution is 0.243. The number of hydrogen-bond donors (Lipinski definition) is 3. The minimum Gasteiger partial charge on any atom is -0.359 e. The van der Waals surface area contributed by atoms with E-state index in [-0.39, 0.29) is 6.03 Å². The molecule has 0 aliphatic rings. The summed E-state index contributed by atoms with van der Waals surface area (Å²) in [7, 11) is 1.58. The molecule has 0 aromatic carbocycles. The molecular weight excluding hydrogens is 202 g/mol. The van der Waals surface area contributed by atoms with Crippen molar-refractivity contribution in [2.24, 2.45) is 0 Å². The van der Waals surface area contributed by atoms with Crippen molar-refractivity contribution in [3.8, 4) is 0 Å². The monoisotopic (exact) mass is 215 g/mol. The number of amides is 2. The van der Waals surface area contributed by atoms with Gasteiger partial charge < -0.3 is 16.0 Å². The van der Waals surface area contributed by atoms with E-state index < -0.39 is 0 Å². The predicted octanol–water partition coefficient (Wildman–Crippen LogP) is 0.187. The van der Waals surface area contributed by atoms with Crippen molar-refractivity contribution in [2.75, 3.05) is 25.5 Å². The molecule has 1 heterocycles. The Hall–Kier alpha value is -1.37. The summed E-state index contributed by atoms with van der Waals surface area (Å²) in [4.78, 5) is 14.9. The summed E-state index contributed by atoms with van der Waals surface area (Å²) in [6.45, 7) is 3.03. The third kappa shape index (κ3) is 3.56. The van der Waals surface area contributed by atoms with Crippen LogP contribution < -0.4 is 16.0 Å². The van der Waals surface area contributed by atoms with Crippen LogP contribution in [0.25, 0.3) is 0 Å². The first-order chi connectivity index (χ1) is 6.72. The van der Waals surface area contributed by atoms with Gasteiger partial charge in [-0.05, 0) is 6.92 Å². The molecule has 14 heavy (non-hydrogen) atoms. The fraction of sp³-hybridized carbons (Fsp3) is 0.571. The Labute approximate surface area is 86.3 Å². The molecule has 2 amide bonds. The van der Waals surface area contributed by atoms with Gasteiger partial charge in [-0.15, -0.1) is 0 Å². The summed E-state index contributed by atoms with van der Waals surface area (Å²) in [6, 6.07) is -0.180. The molecule has 0 fully saturated rings. The van der Waals surface area contributed by atoms with Crippen LogP contribution in [0.2, 0.25) is 0 Å². The Morgan fingerprint density at radius 1 is 1.50 bits per heavy atom. The standard InChI is InChI=1S/C7H13N5OS/c1-5-11-7(14-12-5)10-4-3-9-6(13)8-2/h3-4H2,1-2H3,(H2,8,9,13)(H,10,11,12). The van der Waals surface area contributed by atoms with Crippen molar-refractivity contribution in [3.05, 3.63) is 5.82 Å². The molecule has 3 N–H and O–H groups in total. The second-order valence-corrected chi connectivity index (χ2v) is 3.33. The van der Waals surface area contributed by atoms with Crippen molar-refractivity contribution >= 4 is 22.7 Å². The molecule has 6 nitrogen and oxygen atoms in total. The van der Waals surface area contributed by atoms with Gasteiger partial charge >= 0.3 is 6.03 Å². The number of carbonyl (C=O) groups excluding carboxylic acids is 1. The van der Waals surface area contributed by atoms with Crippen molar-refractivity contribution in [3.63, 3.8) is 0 Å². The molecule has 0 spiro atoms. The average molecular weight is 215 g/mol. The summed E-state index contributed by atoms with van der Waals surface area (Å²) in [5.74, 6) is 0.761. The lowest BCUT2D eigenvalue weighted by atomic mass is 10.6. The number of rotatable bonds is 4. The van der Waals surface area contributed by atoms with Crippen molar-refractivity contribution in [1.29, 1.82) is 0 Å². The first-order valence-corrected chi connectivity index (χ1v) is 4.99. The fourth-order valence-corrected chi connectivity index (χ4v) is 1.40. The van der Waals surface area contributed by atoms with E-state index in [1.54, 1.807) is 7.05 Å². The largest absolute Gasteiger partial charge is 0.359 e. The molecule has 0 unspecified atom stereocenters. The number of aromatic nitrogens is 2. The van der Waals surface area contributed by atoms with Crippen LogP contribution in [-0.2, 0) is 0 Å². The fourth-order valence-electron chi connectivity index (χ4n) is 0.803. The Bertz CT molecular complexity index is 300.